The second-order valence-corrected chi connectivity index (χ2v) is 10.2. The number of aromatic amines is 2. The predicted octanol–water partition coefficient (Wildman–Crippen LogP) is 2.73. The molecule has 0 saturated carbocycles. The Bertz CT molecular complexity index is 2240. The summed E-state index contributed by atoms with van der Waals surface area (Å²) < 4.78 is 59.4. The molecule has 0 saturated heterocycles. The molecule has 0 unspecified atom stereocenters. The fourth-order valence-electron chi connectivity index (χ4n) is 4.75. The monoisotopic (exact) mass is 638 g/mol. The van der Waals surface area contributed by atoms with E-state index >= 15 is 4.39 Å². The van der Waals surface area contributed by atoms with Crippen LogP contribution in [0.4, 0.5) is 34.0 Å². The van der Waals surface area contributed by atoms with Crippen molar-refractivity contribution in [1.82, 2.24) is 49.0 Å². The zero-order valence-electron chi connectivity index (χ0n) is 23.8. The van der Waals surface area contributed by atoms with Gasteiger partial charge >= 0.3 is 17.9 Å². The van der Waals surface area contributed by atoms with Gasteiger partial charge in [-0.05, 0) is 38.4 Å². The van der Waals surface area contributed by atoms with E-state index in [9.17, 15) is 27.6 Å². The van der Waals surface area contributed by atoms with Crippen LogP contribution in [0.25, 0.3) is 33.8 Å². The van der Waals surface area contributed by atoms with Crippen molar-refractivity contribution < 1.29 is 22.4 Å². The van der Waals surface area contributed by atoms with E-state index in [2.05, 4.69) is 30.6 Å². The number of hydrogen-bond donors (Lipinski definition) is 4. The molecule has 0 spiro atoms. The van der Waals surface area contributed by atoms with Crippen molar-refractivity contribution in [1.29, 1.82) is 0 Å². The SMILES string of the molecule is CN(C)Cc1nccn1-c1ccc(NC(=O)n2c(=O)[nH]c3c(C(F)(F)F)nn(-c4cccc(-c5nnc(N)[nH]5)c4)c3c2=O)c(F)c1. The molecule has 15 nitrogen and oxygen atoms in total. The zero-order valence-corrected chi connectivity index (χ0v) is 23.8. The Morgan fingerprint density at radius 3 is 2.52 bits per heavy atom. The number of fused-ring (bicyclic) bond motifs is 1. The van der Waals surface area contributed by atoms with Gasteiger partial charge in [0.2, 0.25) is 5.95 Å². The summed E-state index contributed by atoms with van der Waals surface area (Å²) in [4.78, 5) is 50.4. The van der Waals surface area contributed by atoms with Crippen molar-refractivity contribution >= 4 is 28.7 Å². The quantitative estimate of drug-likeness (QED) is 0.199. The largest absolute Gasteiger partial charge is 0.437 e. The second-order valence-electron chi connectivity index (χ2n) is 10.2. The smallest absolute Gasteiger partial charge is 0.368 e. The van der Waals surface area contributed by atoms with Crippen molar-refractivity contribution in [3.63, 3.8) is 0 Å². The minimum Gasteiger partial charge on any atom is -0.368 e. The number of nitrogens with zero attached hydrogens (tertiary/aromatic N) is 8. The van der Waals surface area contributed by atoms with E-state index < -0.39 is 51.7 Å². The highest BCUT2D eigenvalue weighted by Gasteiger charge is 2.39. The molecular formula is C27H22F4N12O3. The maximum atomic E-state index is 15.2. The number of amides is 1. The number of halogens is 4. The number of H-pyrrole nitrogens is 2. The Morgan fingerprint density at radius 2 is 1.85 bits per heavy atom. The highest BCUT2D eigenvalue weighted by molar-refractivity contribution is 5.92. The molecule has 1 amide bonds. The Labute approximate surface area is 253 Å². The number of nitrogens with two attached hydrogens (primary N) is 1. The first-order chi connectivity index (χ1) is 21.8. The molecule has 0 atom stereocenters. The molecule has 236 valence electrons. The van der Waals surface area contributed by atoms with E-state index in [1.165, 1.54) is 36.5 Å². The van der Waals surface area contributed by atoms with Crippen LogP contribution < -0.4 is 22.3 Å². The van der Waals surface area contributed by atoms with Crippen LogP contribution in [0.3, 0.4) is 0 Å². The lowest BCUT2D eigenvalue weighted by Crippen LogP contribution is -2.42. The van der Waals surface area contributed by atoms with E-state index in [0.717, 1.165) is 6.07 Å². The van der Waals surface area contributed by atoms with E-state index in [1.807, 2.05) is 24.0 Å². The Balaban J connectivity index is 1.42. The average molecular weight is 639 g/mol. The van der Waals surface area contributed by atoms with E-state index in [4.69, 9.17) is 5.73 Å². The van der Waals surface area contributed by atoms with Crippen molar-refractivity contribution in [2.24, 2.45) is 0 Å². The third kappa shape index (κ3) is 5.38. The molecule has 19 heteroatoms. The molecule has 2 aromatic carbocycles. The minimum atomic E-state index is -5.10. The Hall–Kier alpha value is -6.11. The number of hydrogen-bond acceptors (Lipinski definition) is 9. The second kappa shape index (κ2) is 11.1. The Morgan fingerprint density at radius 1 is 1.07 bits per heavy atom. The summed E-state index contributed by atoms with van der Waals surface area (Å²) in [6.45, 7) is 0.451. The summed E-state index contributed by atoms with van der Waals surface area (Å²) in [5, 5.41) is 13.2. The van der Waals surface area contributed by atoms with Crippen LogP contribution in [0.2, 0.25) is 0 Å². The van der Waals surface area contributed by atoms with Gasteiger partial charge in [0.1, 0.15) is 17.2 Å². The van der Waals surface area contributed by atoms with Crippen LogP contribution >= 0.6 is 0 Å². The van der Waals surface area contributed by atoms with E-state index in [-0.39, 0.29) is 22.0 Å². The highest BCUT2D eigenvalue weighted by Crippen LogP contribution is 2.33. The Kier molecular flexibility index (Phi) is 7.23. The van der Waals surface area contributed by atoms with Crippen LogP contribution in [0, 0.1) is 5.82 Å². The maximum absolute atomic E-state index is 15.2. The number of nitrogen functional groups attached to an aromatic ring is 1. The van der Waals surface area contributed by atoms with Crippen molar-refractivity contribution in [3.05, 3.63) is 93.0 Å². The lowest BCUT2D eigenvalue weighted by Gasteiger charge is -2.13. The number of nitrogens with one attached hydrogen (secondary N) is 3. The molecule has 0 fully saturated rings. The van der Waals surface area contributed by atoms with Gasteiger partial charge in [-0.15, -0.1) is 10.2 Å². The standard InChI is InChI=1S/C27H22F4N12O3/c1-40(2)12-18-33-8-9-41(18)14-6-7-17(16(28)11-14)34-25(45)42-23(44)20-19(35-26(42)46)21(27(29,30)31)39-43(20)15-5-3-4-13(10-15)22-36-24(32)38-37-22/h3-11H,12H2,1-2H3,(H,34,45)(H,35,46)(H3,32,36,37,38). The van der Waals surface area contributed by atoms with Gasteiger partial charge in [-0.3, -0.25) is 4.79 Å². The topological polar surface area (TPSA) is 190 Å². The number of imidazole rings is 1. The summed E-state index contributed by atoms with van der Waals surface area (Å²) >= 11 is 0. The molecule has 0 bridgehead atoms. The molecule has 5 N–H and O–H groups in total. The van der Waals surface area contributed by atoms with Crippen LogP contribution in [0.15, 0.2) is 64.4 Å². The number of anilines is 2. The van der Waals surface area contributed by atoms with Gasteiger partial charge in [-0.1, -0.05) is 12.1 Å². The van der Waals surface area contributed by atoms with Crippen LogP contribution in [0.5, 0.6) is 0 Å². The number of aromatic nitrogens is 9. The molecule has 6 rings (SSSR count). The summed E-state index contributed by atoms with van der Waals surface area (Å²) in [6.07, 6.45) is -1.94. The lowest BCUT2D eigenvalue weighted by atomic mass is 10.2. The number of carbonyl (C=O) groups excluding carboxylic acids is 1. The van der Waals surface area contributed by atoms with Crippen molar-refractivity contribution in [3.8, 4) is 22.8 Å². The molecule has 0 radical (unpaired) electrons. The van der Waals surface area contributed by atoms with Gasteiger partial charge in [-0.25, -0.2) is 23.6 Å². The normalized spacial score (nSPS) is 11.9. The summed E-state index contributed by atoms with van der Waals surface area (Å²) in [5.41, 5.74) is -0.451. The maximum Gasteiger partial charge on any atom is 0.437 e. The van der Waals surface area contributed by atoms with Crippen LogP contribution in [-0.2, 0) is 12.7 Å². The molecule has 4 heterocycles. The van der Waals surface area contributed by atoms with E-state index in [1.54, 1.807) is 16.8 Å². The first-order valence-corrected chi connectivity index (χ1v) is 13.2. The van der Waals surface area contributed by atoms with Gasteiger partial charge in [0, 0.05) is 29.7 Å². The molecule has 4 aromatic heterocycles. The zero-order chi connectivity index (χ0) is 32.9. The number of benzene rings is 2. The molecular weight excluding hydrogens is 616 g/mol. The van der Waals surface area contributed by atoms with Gasteiger partial charge in [0.05, 0.1) is 17.9 Å². The minimum absolute atomic E-state index is 0.0140. The summed E-state index contributed by atoms with van der Waals surface area (Å²) in [7, 11) is 3.67. The highest BCUT2D eigenvalue weighted by atomic mass is 19.4. The average Bonchev–Trinajstić information content (AvgIpc) is 3.72. The third-order valence-electron chi connectivity index (χ3n) is 6.71. The van der Waals surface area contributed by atoms with Gasteiger partial charge in [0.15, 0.2) is 17.0 Å². The van der Waals surface area contributed by atoms with Crippen LogP contribution in [-0.4, -0.2) is 69.1 Å². The fraction of sp³-hybridized carbons (Fsp3) is 0.148. The fourth-order valence-corrected chi connectivity index (χ4v) is 4.75. The summed E-state index contributed by atoms with van der Waals surface area (Å²) in [6, 6.07) is 8.01. The molecule has 0 aliphatic rings. The number of rotatable bonds is 6. The first-order valence-electron chi connectivity index (χ1n) is 13.2. The van der Waals surface area contributed by atoms with Crippen molar-refractivity contribution in [2.45, 2.75) is 12.7 Å². The molecule has 46 heavy (non-hydrogen) atoms. The molecule has 0 aliphatic heterocycles. The predicted molar refractivity (Wildman–Crippen MR) is 156 cm³/mol. The first kappa shape index (κ1) is 29.9. The van der Waals surface area contributed by atoms with Gasteiger partial charge in [0.25, 0.3) is 5.56 Å². The number of carbonyl (C=O) groups is 1. The third-order valence-corrected chi connectivity index (χ3v) is 6.71. The van der Waals surface area contributed by atoms with Crippen molar-refractivity contribution in [2.75, 3.05) is 25.1 Å². The lowest BCUT2D eigenvalue weighted by molar-refractivity contribution is -0.140. The van der Waals surface area contributed by atoms with E-state index in [0.29, 0.717) is 28.3 Å². The number of alkyl halides is 3. The summed E-state index contributed by atoms with van der Waals surface area (Å²) in [5.74, 6) is -0.155. The van der Waals surface area contributed by atoms with Crippen LogP contribution in [0.1, 0.15) is 11.5 Å². The van der Waals surface area contributed by atoms with Gasteiger partial charge < -0.3 is 30.5 Å². The van der Waals surface area contributed by atoms with Gasteiger partial charge in [-0.2, -0.15) is 22.8 Å². The molecule has 6 aromatic rings. The molecule has 0 aliphatic carbocycles.